The molecule has 1 amide bonds. The first-order valence-electron chi connectivity index (χ1n) is 10.0. The van der Waals surface area contributed by atoms with Crippen LogP contribution in [-0.4, -0.2) is 42.6 Å². The monoisotopic (exact) mass is 429 g/mol. The maximum absolute atomic E-state index is 13.1. The third-order valence-corrected chi connectivity index (χ3v) is 6.14. The van der Waals surface area contributed by atoms with Crippen LogP contribution >= 0.6 is 11.6 Å². The number of amides is 1. The van der Waals surface area contributed by atoms with E-state index in [-0.39, 0.29) is 29.5 Å². The van der Waals surface area contributed by atoms with Crippen molar-refractivity contribution in [2.75, 3.05) is 13.1 Å². The van der Waals surface area contributed by atoms with Gasteiger partial charge < -0.3 is 9.47 Å². The molecule has 4 rings (SSSR count). The van der Waals surface area contributed by atoms with Crippen LogP contribution in [0.2, 0.25) is 5.02 Å². The van der Waals surface area contributed by atoms with Crippen LogP contribution in [0.4, 0.5) is 0 Å². The normalized spacial score (nSPS) is 17.3. The lowest BCUT2D eigenvalue weighted by Crippen LogP contribution is -2.39. The Kier molecular flexibility index (Phi) is 5.51. The molecule has 1 aromatic carbocycles. The van der Waals surface area contributed by atoms with Crippen molar-refractivity contribution < 1.29 is 4.79 Å². The number of rotatable bonds is 3. The molecule has 0 radical (unpaired) electrons. The molecule has 1 saturated heterocycles. The maximum Gasteiger partial charge on any atom is 0.332 e. The van der Waals surface area contributed by atoms with Crippen molar-refractivity contribution in [1.29, 1.82) is 0 Å². The molecule has 8 nitrogen and oxygen atoms in total. The van der Waals surface area contributed by atoms with Crippen molar-refractivity contribution in [2.24, 2.45) is 14.1 Å². The summed E-state index contributed by atoms with van der Waals surface area (Å²) in [6.45, 7) is 1.33. The van der Waals surface area contributed by atoms with Gasteiger partial charge in [0.05, 0.1) is 6.33 Å². The van der Waals surface area contributed by atoms with E-state index in [4.69, 9.17) is 11.6 Å². The van der Waals surface area contributed by atoms with Gasteiger partial charge >= 0.3 is 5.69 Å². The van der Waals surface area contributed by atoms with E-state index in [1.807, 2.05) is 29.2 Å². The van der Waals surface area contributed by atoms with Crippen LogP contribution in [0.3, 0.4) is 0 Å². The zero-order valence-electron chi connectivity index (χ0n) is 17.0. The molecule has 1 aliphatic rings. The van der Waals surface area contributed by atoms with Crippen molar-refractivity contribution in [3.8, 4) is 0 Å². The SMILES string of the molecule is Cn1c(=O)c2c(ncn2CC(=O)N2CCCCC(c3ccc(Cl)cc3)C2)n(C)c1=O. The number of benzene rings is 1. The second-order valence-corrected chi connectivity index (χ2v) is 8.27. The average molecular weight is 430 g/mol. The Bertz CT molecular complexity index is 1210. The Hall–Kier alpha value is -2.87. The number of carbonyl (C=O) groups excluding carboxylic acids is 1. The van der Waals surface area contributed by atoms with Crippen molar-refractivity contribution in [2.45, 2.75) is 31.7 Å². The minimum Gasteiger partial charge on any atom is -0.341 e. The number of halogens is 1. The van der Waals surface area contributed by atoms with Gasteiger partial charge in [-0.15, -0.1) is 0 Å². The van der Waals surface area contributed by atoms with E-state index in [1.54, 1.807) is 11.6 Å². The van der Waals surface area contributed by atoms with E-state index < -0.39 is 11.2 Å². The number of nitrogens with zero attached hydrogens (tertiary/aromatic N) is 5. The molecule has 0 aliphatic carbocycles. The lowest BCUT2D eigenvalue weighted by molar-refractivity contribution is -0.131. The number of imidazole rings is 1. The summed E-state index contributed by atoms with van der Waals surface area (Å²) in [6, 6.07) is 7.81. The summed E-state index contributed by atoms with van der Waals surface area (Å²) in [5.74, 6) is 0.188. The zero-order chi connectivity index (χ0) is 21.4. The summed E-state index contributed by atoms with van der Waals surface area (Å²) in [5, 5.41) is 0.697. The van der Waals surface area contributed by atoms with Crippen molar-refractivity contribution in [1.82, 2.24) is 23.6 Å². The predicted octanol–water partition coefficient (Wildman–Crippen LogP) is 1.88. The summed E-state index contributed by atoms with van der Waals surface area (Å²) in [6.07, 6.45) is 4.46. The molecule has 0 spiro atoms. The first kappa shape index (κ1) is 20.4. The summed E-state index contributed by atoms with van der Waals surface area (Å²) in [7, 11) is 2.99. The third-order valence-electron chi connectivity index (χ3n) is 5.89. The van der Waals surface area contributed by atoms with Gasteiger partial charge in [0, 0.05) is 38.1 Å². The molecule has 30 heavy (non-hydrogen) atoms. The molecule has 0 saturated carbocycles. The molecule has 1 aliphatic heterocycles. The number of aryl methyl sites for hydroxylation is 1. The summed E-state index contributed by atoms with van der Waals surface area (Å²) >= 11 is 6.01. The van der Waals surface area contributed by atoms with Gasteiger partial charge in [0.2, 0.25) is 5.91 Å². The van der Waals surface area contributed by atoms with Gasteiger partial charge in [0.25, 0.3) is 5.56 Å². The van der Waals surface area contributed by atoms with Gasteiger partial charge in [-0.05, 0) is 30.5 Å². The lowest BCUT2D eigenvalue weighted by Gasteiger charge is -2.25. The third kappa shape index (κ3) is 3.67. The van der Waals surface area contributed by atoms with Gasteiger partial charge in [-0.2, -0.15) is 0 Å². The summed E-state index contributed by atoms with van der Waals surface area (Å²) in [4.78, 5) is 43.9. The van der Waals surface area contributed by atoms with E-state index in [2.05, 4.69) is 4.98 Å². The van der Waals surface area contributed by atoms with Crippen LogP contribution in [0.1, 0.15) is 30.7 Å². The fourth-order valence-electron chi connectivity index (χ4n) is 4.14. The Morgan fingerprint density at radius 2 is 1.87 bits per heavy atom. The standard InChI is InChI=1S/C21H24ClN5O3/c1-24-19-18(20(29)25(2)21(24)30)27(13-23-19)12-17(28)26-10-4-3-5-15(11-26)14-6-8-16(22)9-7-14/h6-9,13,15H,3-5,10-12H2,1-2H3. The highest BCUT2D eigenvalue weighted by Gasteiger charge is 2.24. The number of likely N-dealkylation sites (tertiary alicyclic amines) is 1. The smallest absolute Gasteiger partial charge is 0.332 e. The van der Waals surface area contributed by atoms with Crippen molar-refractivity contribution >= 4 is 28.7 Å². The Balaban J connectivity index is 1.59. The predicted molar refractivity (Wildman–Crippen MR) is 115 cm³/mol. The molecular weight excluding hydrogens is 406 g/mol. The molecule has 2 aromatic heterocycles. The Morgan fingerprint density at radius 3 is 2.60 bits per heavy atom. The molecule has 1 atom stereocenters. The van der Waals surface area contributed by atoms with Gasteiger partial charge in [-0.25, -0.2) is 9.78 Å². The molecule has 1 unspecified atom stereocenters. The summed E-state index contributed by atoms with van der Waals surface area (Å²) in [5.41, 5.74) is 0.828. The van der Waals surface area contributed by atoms with Gasteiger partial charge in [0.1, 0.15) is 6.54 Å². The highest BCUT2D eigenvalue weighted by molar-refractivity contribution is 6.30. The van der Waals surface area contributed by atoms with Gasteiger partial charge in [0.15, 0.2) is 11.2 Å². The lowest BCUT2D eigenvalue weighted by atomic mass is 9.94. The molecule has 0 bridgehead atoms. The van der Waals surface area contributed by atoms with E-state index in [0.717, 1.165) is 23.8 Å². The highest BCUT2D eigenvalue weighted by atomic mass is 35.5. The molecular formula is C21H24ClN5O3. The van der Waals surface area contributed by atoms with Crippen LogP contribution < -0.4 is 11.2 Å². The van der Waals surface area contributed by atoms with Crippen LogP contribution in [0.5, 0.6) is 0 Å². The zero-order valence-corrected chi connectivity index (χ0v) is 17.8. The van der Waals surface area contributed by atoms with Crippen molar-refractivity contribution in [3.63, 3.8) is 0 Å². The first-order valence-corrected chi connectivity index (χ1v) is 10.4. The molecule has 3 aromatic rings. The average Bonchev–Trinajstić information content (AvgIpc) is 2.99. The number of aromatic nitrogens is 4. The van der Waals surface area contributed by atoms with E-state index in [0.29, 0.717) is 18.1 Å². The second-order valence-electron chi connectivity index (χ2n) is 7.83. The van der Waals surface area contributed by atoms with E-state index >= 15 is 0 Å². The molecule has 9 heteroatoms. The first-order chi connectivity index (χ1) is 14.4. The molecule has 158 valence electrons. The number of fused-ring (bicyclic) bond motifs is 1. The van der Waals surface area contributed by atoms with E-state index in [9.17, 15) is 14.4 Å². The Labute approximate surface area is 178 Å². The van der Waals surface area contributed by atoms with Gasteiger partial charge in [-0.3, -0.25) is 18.7 Å². The van der Waals surface area contributed by atoms with Gasteiger partial charge in [-0.1, -0.05) is 30.2 Å². The number of hydrogen-bond acceptors (Lipinski definition) is 4. The van der Waals surface area contributed by atoms with E-state index in [1.165, 1.54) is 23.5 Å². The molecule has 0 N–H and O–H groups in total. The minimum absolute atomic E-state index is 0.0112. The second kappa shape index (κ2) is 8.10. The Morgan fingerprint density at radius 1 is 1.13 bits per heavy atom. The summed E-state index contributed by atoms with van der Waals surface area (Å²) < 4.78 is 3.90. The van der Waals surface area contributed by atoms with Crippen LogP contribution in [0.15, 0.2) is 40.2 Å². The minimum atomic E-state index is -0.451. The fourth-order valence-corrected chi connectivity index (χ4v) is 4.26. The van der Waals surface area contributed by atoms with Crippen LogP contribution in [0, 0.1) is 0 Å². The molecule has 1 fully saturated rings. The highest BCUT2D eigenvalue weighted by Crippen LogP contribution is 2.27. The fraction of sp³-hybridized carbons (Fsp3) is 0.429. The van der Waals surface area contributed by atoms with Crippen LogP contribution in [-0.2, 0) is 25.4 Å². The quantitative estimate of drug-likeness (QED) is 0.636. The number of hydrogen-bond donors (Lipinski definition) is 0. The van der Waals surface area contributed by atoms with Crippen molar-refractivity contribution in [3.05, 3.63) is 62.0 Å². The maximum atomic E-state index is 13.1. The topological polar surface area (TPSA) is 82.1 Å². The van der Waals surface area contributed by atoms with Crippen LogP contribution in [0.25, 0.3) is 11.2 Å². The largest absolute Gasteiger partial charge is 0.341 e. The number of carbonyl (C=O) groups is 1. The molecule has 3 heterocycles.